The number of aliphatic hydroxyl groups is 4. The van der Waals surface area contributed by atoms with E-state index in [1.807, 2.05) is 0 Å². The molecule has 4 N–H and O–H groups in total. The highest BCUT2D eigenvalue weighted by atomic mass is 16.4. The fourth-order valence-corrected chi connectivity index (χ4v) is 1.72. The van der Waals surface area contributed by atoms with E-state index >= 15 is 0 Å². The van der Waals surface area contributed by atoms with Gasteiger partial charge in [0.05, 0.1) is 6.61 Å². The molecule has 0 radical (unpaired) electrons. The monoisotopic (exact) mass is 276 g/mol. The van der Waals surface area contributed by atoms with Gasteiger partial charge in [0.2, 0.25) is 11.4 Å². The van der Waals surface area contributed by atoms with Gasteiger partial charge in [-0.3, -0.25) is 19.2 Å². The molecule has 8 nitrogen and oxygen atoms in total. The Balaban J connectivity index is 6.25. The van der Waals surface area contributed by atoms with Crippen LogP contribution in [0.25, 0.3) is 0 Å². The number of aliphatic hydroxyl groups excluding tert-OH is 2. The van der Waals surface area contributed by atoms with Crippen LogP contribution in [0.4, 0.5) is 0 Å². The fourth-order valence-electron chi connectivity index (χ4n) is 1.72. The van der Waals surface area contributed by atoms with Gasteiger partial charge >= 0.3 is 0 Å². The molecule has 8 heteroatoms. The van der Waals surface area contributed by atoms with Crippen LogP contribution < -0.4 is 0 Å². The third-order valence-electron chi connectivity index (χ3n) is 2.90. The summed E-state index contributed by atoms with van der Waals surface area (Å²) in [7, 11) is 0. The molecule has 0 aliphatic heterocycles. The molecular weight excluding hydrogens is 260 g/mol. The predicted octanol–water partition coefficient (Wildman–Crippen LogP) is -2.86. The Labute approximate surface area is 108 Å². The number of hydrogen-bond acceptors (Lipinski definition) is 8. The molecule has 108 valence electrons. The second kappa shape index (κ2) is 5.66. The minimum absolute atomic E-state index is 0.666. The van der Waals surface area contributed by atoms with Crippen molar-refractivity contribution in [2.75, 3.05) is 6.61 Å². The summed E-state index contributed by atoms with van der Waals surface area (Å²) in [6.07, 6.45) is -2.32. The first-order valence-electron chi connectivity index (χ1n) is 5.29. The standard InChI is InChI=1S/C11H16O8/c1-5(13)9(17)11(19,7(3)15)10(18,6(2)14)8(16)4-12/h8,12,16,18-19H,4H2,1-3H3/t8-,10+,11-/m1/s1. The van der Waals surface area contributed by atoms with Crippen LogP contribution in [0, 0.1) is 0 Å². The smallest absolute Gasteiger partial charge is 0.240 e. The molecule has 0 fully saturated rings. The maximum absolute atomic E-state index is 11.7. The molecule has 0 aromatic heterocycles. The van der Waals surface area contributed by atoms with Crippen LogP contribution >= 0.6 is 0 Å². The van der Waals surface area contributed by atoms with Gasteiger partial charge in [0, 0.05) is 6.92 Å². The lowest BCUT2D eigenvalue weighted by Gasteiger charge is -2.40. The number of hydrogen-bond donors (Lipinski definition) is 4. The molecule has 0 saturated carbocycles. The molecule has 0 bridgehead atoms. The average Bonchev–Trinajstić information content (AvgIpc) is 2.33. The minimum atomic E-state index is -3.45. The van der Waals surface area contributed by atoms with E-state index in [1.165, 1.54) is 0 Å². The van der Waals surface area contributed by atoms with Gasteiger partial charge in [-0.25, -0.2) is 0 Å². The molecule has 0 spiro atoms. The molecule has 0 aromatic rings. The topological polar surface area (TPSA) is 149 Å². The maximum atomic E-state index is 11.7. The largest absolute Gasteiger partial charge is 0.394 e. The van der Waals surface area contributed by atoms with E-state index in [-0.39, 0.29) is 0 Å². The summed E-state index contributed by atoms with van der Waals surface area (Å²) in [4.78, 5) is 45.6. The van der Waals surface area contributed by atoms with Crippen molar-refractivity contribution >= 4 is 23.1 Å². The summed E-state index contributed by atoms with van der Waals surface area (Å²) in [6, 6.07) is 0. The second-order valence-electron chi connectivity index (χ2n) is 4.17. The first kappa shape index (κ1) is 17.5. The molecule has 0 aliphatic rings. The Morgan fingerprint density at radius 1 is 1.00 bits per heavy atom. The van der Waals surface area contributed by atoms with E-state index in [4.69, 9.17) is 5.11 Å². The van der Waals surface area contributed by atoms with Gasteiger partial charge in [0.25, 0.3) is 0 Å². The maximum Gasteiger partial charge on any atom is 0.240 e. The molecule has 0 unspecified atom stereocenters. The van der Waals surface area contributed by atoms with Gasteiger partial charge in [-0.1, -0.05) is 0 Å². The summed E-state index contributed by atoms with van der Waals surface area (Å²) in [5.41, 5.74) is -6.76. The molecule has 0 aromatic carbocycles. The van der Waals surface area contributed by atoms with Crippen molar-refractivity contribution in [3.63, 3.8) is 0 Å². The molecule has 0 saturated heterocycles. The quantitative estimate of drug-likeness (QED) is 0.286. The third kappa shape index (κ3) is 2.47. The molecular formula is C11H16O8. The molecule has 19 heavy (non-hydrogen) atoms. The second-order valence-corrected chi connectivity index (χ2v) is 4.17. The Kier molecular flexibility index (Phi) is 5.22. The Morgan fingerprint density at radius 3 is 1.63 bits per heavy atom. The van der Waals surface area contributed by atoms with Crippen molar-refractivity contribution in [2.24, 2.45) is 0 Å². The van der Waals surface area contributed by atoms with Crippen LogP contribution in [0.5, 0.6) is 0 Å². The number of ketones is 4. The molecule has 3 atom stereocenters. The summed E-state index contributed by atoms with van der Waals surface area (Å²) >= 11 is 0. The zero-order valence-electron chi connectivity index (χ0n) is 10.7. The lowest BCUT2D eigenvalue weighted by molar-refractivity contribution is -0.207. The van der Waals surface area contributed by atoms with Crippen LogP contribution in [0.3, 0.4) is 0 Å². The number of carbonyl (C=O) groups is 4. The normalized spacial score (nSPS) is 18.9. The number of carbonyl (C=O) groups excluding carboxylic acids is 4. The van der Waals surface area contributed by atoms with Gasteiger partial charge in [-0.05, 0) is 13.8 Å². The van der Waals surface area contributed by atoms with Crippen LogP contribution in [0.1, 0.15) is 20.8 Å². The van der Waals surface area contributed by atoms with Crippen molar-refractivity contribution in [1.82, 2.24) is 0 Å². The summed E-state index contributed by atoms with van der Waals surface area (Å²) < 4.78 is 0. The van der Waals surface area contributed by atoms with Crippen LogP contribution in [-0.2, 0) is 19.2 Å². The molecule has 0 rings (SSSR count). The zero-order valence-corrected chi connectivity index (χ0v) is 10.7. The molecule has 0 amide bonds. The van der Waals surface area contributed by atoms with Crippen LogP contribution in [0.2, 0.25) is 0 Å². The zero-order chi connectivity index (χ0) is 15.6. The highest BCUT2D eigenvalue weighted by Crippen LogP contribution is 2.30. The van der Waals surface area contributed by atoms with Crippen LogP contribution in [-0.4, -0.2) is 67.5 Å². The Bertz CT molecular complexity index is 428. The van der Waals surface area contributed by atoms with Crippen molar-refractivity contribution in [2.45, 2.75) is 38.1 Å². The van der Waals surface area contributed by atoms with E-state index in [9.17, 15) is 34.5 Å². The first-order valence-corrected chi connectivity index (χ1v) is 5.29. The minimum Gasteiger partial charge on any atom is -0.394 e. The lowest BCUT2D eigenvalue weighted by atomic mass is 9.70. The van der Waals surface area contributed by atoms with E-state index in [1.54, 1.807) is 0 Å². The summed E-state index contributed by atoms with van der Waals surface area (Å²) in [5, 5.41) is 38.4. The summed E-state index contributed by atoms with van der Waals surface area (Å²) in [6.45, 7) is 0.873. The van der Waals surface area contributed by atoms with Gasteiger partial charge in [-0.2, -0.15) is 0 Å². The SMILES string of the molecule is CC(=O)C(=O)[C@](O)(C(C)=O)[C@](O)(C(C)=O)[C@H](O)CO. The lowest BCUT2D eigenvalue weighted by Crippen LogP contribution is -2.73. The molecule has 0 aliphatic carbocycles. The average molecular weight is 276 g/mol. The van der Waals surface area contributed by atoms with Gasteiger partial charge < -0.3 is 20.4 Å². The van der Waals surface area contributed by atoms with E-state index in [2.05, 4.69) is 0 Å². The Morgan fingerprint density at radius 2 is 1.42 bits per heavy atom. The van der Waals surface area contributed by atoms with Crippen molar-refractivity contribution in [3.05, 3.63) is 0 Å². The van der Waals surface area contributed by atoms with Gasteiger partial charge in [0.15, 0.2) is 23.0 Å². The molecule has 0 heterocycles. The number of rotatable bonds is 7. The third-order valence-corrected chi connectivity index (χ3v) is 2.90. The van der Waals surface area contributed by atoms with Gasteiger partial charge in [-0.15, -0.1) is 0 Å². The van der Waals surface area contributed by atoms with E-state index in [0.29, 0.717) is 13.8 Å². The predicted molar refractivity (Wildman–Crippen MR) is 60.0 cm³/mol. The van der Waals surface area contributed by atoms with Crippen molar-refractivity contribution in [1.29, 1.82) is 0 Å². The van der Waals surface area contributed by atoms with Gasteiger partial charge in [0.1, 0.15) is 6.10 Å². The first-order chi connectivity index (χ1) is 8.47. The summed E-state index contributed by atoms with van der Waals surface area (Å²) in [5.74, 6) is -5.79. The van der Waals surface area contributed by atoms with Crippen LogP contribution in [0.15, 0.2) is 0 Å². The van der Waals surface area contributed by atoms with Crippen molar-refractivity contribution in [3.8, 4) is 0 Å². The number of Topliss-reactive ketones (excluding diaryl/α,β-unsaturated/α-hetero) is 4. The van der Waals surface area contributed by atoms with Crippen molar-refractivity contribution < 1.29 is 39.6 Å². The highest BCUT2D eigenvalue weighted by molar-refractivity contribution is 6.45. The van der Waals surface area contributed by atoms with E-state index < -0.39 is 47.0 Å². The fraction of sp³-hybridized carbons (Fsp3) is 0.636. The highest BCUT2D eigenvalue weighted by Gasteiger charge is 2.65. The van der Waals surface area contributed by atoms with E-state index in [0.717, 1.165) is 6.92 Å². The Hall–Kier alpha value is -1.48.